The number of nitrogens with zero attached hydrogens (tertiary/aromatic N) is 2. The normalized spacial score (nSPS) is 12.1. The van der Waals surface area contributed by atoms with Crippen LogP contribution in [0, 0.1) is 0 Å². The van der Waals surface area contributed by atoms with Gasteiger partial charge in [0.15, 0.2) is 0 Å². The zero-order valence-corrected chi connectivity index (χ0v) is 23.0. The van der Waals surface area contributed by atoms with Gasteiger partial charge in [-0.05, 0) is 40.0 Å². The van der Waals surface area contributed by atoms with Gasteiger partial charge in [-0.15, -0.1) is 0 Å². The topological polar surface area (TPSA) is 6.48 Å². The first-order valence-corrected chi connectivity index (χ1v) is 14.7. The highest BCUT2D eigenvalue weighted by Gasteiger charge is 1.98. The zero-order valence-electron chi connectivity index (χ0n) is 23.0. The summed E-state index contributed by atoms with van der Waals surface area (Å²) in [4.78, 5) is 4.95. The van der Waals surface area contributed by atoms with E-state index < -0.39 is 0 Å². The molecule has 0 radical (unpaired) electrons. The van der Waals surface area contributed by atoms with Crippen LogP contribution in [-0.4, -0.2) is 50.1 Å². The molecule has 0 N–H and O–H groups in total. The largest absolute Gasteiger partial charge is 0.303 e. The quantitative estimate of drug-likeness (QED) is 0.0956. The molecule has 0 unspecified atom stereocenters. The lowest BCUT2D eigenvalue weighted by atomic mass is 10.1. The van der Waals surface area contributed by atoms with Crippen LogP contribution in [0.2, 0.25) is 0 Å². The van der Waals surface area contributed by atoms with Gasteiger partial charge in [0.2, 0.25) is 0 Å². The predicted molar refractivity (Wildman–Crippen MR) is 148 cm³/mol. The summed E-state index contributed by atoms with van der Waals surface area (Å²) in [6, 6.07) is 0. The Labute approximate surface area is 204 Å². The fourth-order valence-electron chi connectivity index (χ4n) is 4.43. The lowest BCUT2D eigenvalue weighted by Gasteiger charge is -2.16. The van der Waals surface area contributed by atoms with E-state index in [4.69, 9.17) is 0 Å². The first kappa shape index (κ1) is 31.7. The van der Waals surface area contributed by atoms with Gasteiger partial charge in [0.05, 0.1) is 0 Å². The third kappa shape index (κ3) is 25.9. The number of hydrogen-bond donors (Lipinski definition) is 0. The van der Waals surface area contributed by atoms with E-state index in [9.17, 15) is 0 Å². The van der Waals surface area contributed by atoms with E-state index in [0.717, 1.165) is 13.1 Å². The van der Waals surface area contributed by atoms with Crippen molar-refractivity contribution in [2.75, 3.05) is 40.3 Å². The smallest absolute Gasteiger partial charge is 0.0160 e. The SMILES string of the molecule is CCCCCCCCCCCCN(C)CC=CCN(C)CCCCCCCCCCCC. The van der Waals surface area contributed by atoms with Crippen molar-refractivity contribution in [1.82, 2.24) is 9.80 Å². The van der Waals surface area contributed by atoms with Crippen LogP contribution in [0.4, 0.5) is 0 Å². The highest BCUT2D eigenvalue weighted by molar-refractivity contribution is 4.86. The van der Waals surface area contributed by atoms with E-state index in [1.54, 1.807) is 0 Å². The van der Waals surface area contributed by atoms with Crippen molar-refractivity contribution in [2.45, 2.75) is 142 Å². The van der Waals surface area contributed by atoms with Gasteiger partial charge in [0.1, 0.15) is 0 Å². The minimum absolute atomic E-state index is 1.10. The molecule has 192 valence electrons. The first-order chi connectivity index (χ1) is 15.7. The van der Waals surface area contributed by atoms with Crippen LogP contribution >= 0.6 is 0 Å². The second kappa shape index (κ2) is 26.9. The summed E-state index contributed by atoms with van der Waals surface area (Å²) in [5.74, 6) is 0. The molecule has 0 atom stereocenters. The van der Waals surface area contributed by atoms with Gasteiger partial charge < -0.3 is 9.80 Å². The molecule has 0 bridgehead atoms. The molecule has 0 aliphatic carbocycles. The Hall–Kier alpha value is -0.340. The van der Waals surface area contributed by atoms with Crippen LogP contribution in [-0.2, 0) is 0 Å². The van der Waals surface area contributed by atoms with Crippen LogP contribution < -0.4 is 0 Å². The van der Waals surface area contributed by atoms with Gasteiger partial charge in [0.25, 0.3) is 0 Å². The monoisotopic (exact) mass is 450 g/mol. The molecule has 32 heavy (non-hydrogen) atoms. The number of likely N-dealkylation sites (N-methyl/N-ethyl adjacent to an activating group) is 2. The molecular formula is C30H62N2. The Morgan fingerprint density at radius 3 is 0.906 bits per heavy atom. The molecule has 0 aliphatic rings. The van der Waals surface area contributed by atoms with Gasteiger partial charge >= 0.3 is 0 Å². The Kier molecular flexibility index (Phi) is 26.6. The van der Waals surface area contributed by atoms with Crippen LogP contribution in [0.3, 0.4) is 0 Å². The third-order valence-corrected chi connectivity index (χ3v) is 6.79. The summed E-state index contributed by atoms with van der Waals surface area (Å²) in [5, 5.41) is 0. The molecule has 0 fully saturated rings. The van der Waals surface area contributed by atoms with Crippen LogP contribution in [0.5, 0.6) is 0 Å². The molecule has 0 spiro atoms. The van der Waals surface area contributed by atoms with E-state index in [-0.39, 0.29) is 0 Å². The molecule has 0 saturated carbocycles. The van der Waals surface area contributed by atoms with Crippen molar-refractivity contribution < 1.29 is 0 Å². The Morgan fingerprint density at radius 1 is 0.375 bits per heavy atom. The Balaban J connectivity index is 3.36. The summed E-state index contributed by atoms with van der Waals surface area (Å²) in [5.41, 5.74) is 0. The predicted octanol–water partition coefficient (Wildman–Crippen LogP) is 9.25. The van der Waals surface area contributed by atoms with Gasteiger partial charge in [0, 0.05) is 13.1 Å². The van der Waals surface area contributed by atoms with Gasteiger partial charge in [-0.1, -0.05) is 142 Å². The minimum atomic E-state index is 1.10. The van der Waals surface area contributed by atoms with Crippen LogP contribution in [0.15, 0.2) is 12.2 Å². The molecule has 0 aliphatic heterocycles. The van der Waals surface area contributed by atoms with E-state index in [2.05, 4.69) is 49.9 Å². The molecule has 2 heteroatoms. The maximum Gasteiger partial charge on any atom is 0.0160 e. The lowest BCUT2D eigenvalue weighted by Crippen LogP contribution is -2.21. The molecule has 0 aromatic rings. The van der Waals surface area contributed by atoms with Crippen LogP contribution in [0.1, 0.15) is 142 Å². The van der Waals surface area contributed by atoms with E-state index >= 15 is 0 Å². The van der Waals surface area contributed by atoms with Gasteiger partial charge in [-0.3, -0.25) is 0 Å². The molecule has 0 saturated heterocycles. The number of hydrogen-bond acceptors (Lipinski definition) is 2. The van der Waals surface area contributed by atoms with Crippen molar-refractivity contribution in [3.63, 3.8) is 0 Å². The zero-order chi connectivity index (χ0) is 23.5. The molecule has 0 aromatic heterocycles. The van der Waals surface area contributed by atoms with Crippen LogP contribution in [0.25, 0.3) is 0 Å². The highest BCUT2D eigenvalue weighted by atomic mass is 15.1. The Bertz CT molecular complexity index is 332. The average molecular weight is 451 g/mol. The average Bonchev–Trinajstić information content (AvgIpc) is 2.79. The van der Waals surface area contributed by atoms with Crippen molar-refractivity contribution in [3.8, 4) is 0 Å². The molecule has 0 rings (SSSR count). The highest BCUT2D eigenvalue weighted by Crippen LogP contribution is 2.11. The lowest BCUT2D eigenvalue weighted by molar-refractivity contribution is 0.347. The molecular weight excluding hydrogens is 388 g/mol. The molecule has 0 aromatic carbocycles. The number of unbranched alkanes of at least 4 members (excludes halogenated alkanes) is 18. The maximum absolute atomic E-state index is 2.48. The summed E-state index contributed by atoms with van der Waals surface area (Å²) in [6.07, 6.45) is 33.2. The van der Waals surface area contributed by atoms with E-state index in [1.807, 2.05) is 0 Å². The summed E-state index contributed by atoms with van der Waals surface area (Å²) < 4.78 is 0. The van der Waals surface area contributed by atoms with Gasteiger partial charge in [-0.25, -0.2) is 0 Å². The number of rotatable bonds is 26. The third-order valence-electron chi connectivity index (χ3n) is 6.79. The standard InChI is InChI=1S/C30H62N2/c1-5-7-9-11-13-15-17-19-21-23-27-31(3)29-25-26-30-32(4)28-24-22-20-18-16-14-12-10-8-6-2/h25-26H,5-24,27-30H2,1-4H3. The van der Waals surface area contributed by atoms with Crippen molar-refractivity contribution in [2.24, 2.45) is 0 Å². The fraction of sp³-hybridized carbons (Fsp3) is 0.933. The fourth-order valence-corrected chi connectivity index (χ4v) is 4.43. The van der Waals surface area contributed by atoms with Gasteiger partial charge in [-0.2, -0.15) is 0 Å². The second-order valence-electron chi connectivity index (χ2n) is 10.4. The van der Waals surface area contributed by atoms with E-state index in [0.29, 0.717) is 0 Å². The minimum Gasteiger partial charge on any atom is -0.303 e. The maximum atomic E-state index is 2.48. The van der Waals surface area contributed by atoms with Crippen molar-refractivity contribution in [3.05, 3.63) is 12.2 Å². The van der Waals surface area contributed by atoms with Crippen molar-refractivity contribution >= 4 is 0 Å². The molecule has 0 amide bonds. The Morgan fingerprint density at radius 2 is 0.625 bits per heavy atom. The molecule has 2 nitrogen and oxygen atoms in total. The summed E-state index contributed by atoms with van der Waals surface area (Å²) in [7, 11) is 4.54. The first-order valence-electron chi connectivity index (χ1n) is 14.7. The molecule has 0 heterocycles. The van der Waals surface area contributed by atoms with E-state index in [1.165, 1.54) is 142 Å². The van der Waals surface area contributed by atoms with Crippen molar-refractivity contribution in [1.29, 1.82) is 0 Å². The second-order valence-corrected chi connectivity index (χ2v) is 10.4. The summed E-state index contributed by atoms with van der Waals surface area (Å²) in [6.45, 7) is 9.29. The summed E-state index contributed by atoms with van der Waals surface area (Å²) >= 11 is 0.